The van der Waals surface area contributed by atoms with E-state index in [4.69, 9.17) is 0 Å². The van der Waals surface area contributed by atoms with Crippen LogP contribution in [0.3, 0.4) is 0 Å². The van der Waals surface area contributed by atoms with Gasteiger partial charge >= 0.3 is 0 Å². The Labute approximate surface area is 194 Å². The van der Waals surface area contributed by atoms with Crippen LogP contribution in [0.2, 0.25) is 0 Å². The van der Waals surface area contributed by atoms with Crippen LogP contribution in [0, 0.1) is 17.8 Å². The summed E-state index contributed by atoms with van der Waals surface area (Å²) in [6.07, 6.45) is 3.91. The number of benzene rings is 3. The van der Waals surface area contributed by atoms with E-state index < -0.39 is 0 Å². The van der Waals surface area contributed by atoms with Gasteiger partial charge in [-0.15, -0.1) is 0 Å². The molecule has 1 amide bonds. The summed E-state index contributed by atoms with van der Waals surface area (Å²) >= 11 is 0. The molecular formula is C29H28N2O2. The maximum Gasteiger partial charge on any atom is 0.255 e. The van der Waals surface area contributed by atoms with Gasteiger partial charge in [0.2, 0.25) is 0 Å². The molecule has 0 radical (unpaired) electrons. The highest BCUT2D eigenvalue weighted by Gasteiger charge is 2.53. The second kappa shape index (κ2) is 7.87. The monoisotopic (exact) mass is 436 g/mol. The van der Waals surface area contributed by atoms with Crippen molar-refractivity contribution in [3.05, 3.63) is 95.1 Å². The summed E-state index contributed by atoms with van der Waals surface area (Å²) in [5.41, 5.74) is 5.73. The quantitative estimate of drug-likeness (QED) is 0.463. The lowest BCUT2D eigenvalue weighted by Crippen LogP contribution is -2.35. The molecule has 3 aromatic carbocycles. The number of hydrogen-bond donors (Lipinski definition) is 2. The lowest BCUT2D eigenvalue weighted by Gasteiger charge is -2.43. The Bertz CT molecular complexity index is 1240. The van der Waals surface area contributed by atoms with Crippen LogP contribution in [-0.2, 0) is 0 Å². The summed E-state index contributed by atoms with van der Waals surface area (Å²) in [5, 5.41) is 6.81. The van der Waals surface area contributed by atoms with Gasteiger partial charge in [-0.3, -0.25) is 9.59 Å². The maximum atomic E-state index is 13.1. The number of nitrogens with one attached hydrogen (secondary N) is 2. The van der Waals surface area contributed by atoms with E-state index in [0.29, 0.717) is 40.6 Å². The molecule has 3 aromatic rings. The van der Waals surface area contributed by atoms with Gasteiger partial charge in [-0.25, -0.2) is 0 Å². The molecule has 166 valence electrons. The fraction of sp³-hybridized carbons (Fsp3) is 0.310. The first-order valence-corrected chi connectivity index (χ1v) is 12.0. The smallest absolute Gasteiger partial charge is 0.255 e. The Morgan fingerprint density at radius 3 is 2.52 bits per heavy atom. The normalized spacial score (nSPS) is 26.8. The SMILES string of the molecule is CC(=O)c1cccc(NC(=O)c2ccc3c(c2)[C@H]2[C@H]4CC[C@@H](C4)[C@@H]2[C@@H](c2ccccc2)N3)c1. The number of rotatable bonds is 4. The van der Waals surface area contributed by atoms with Crippen molar-refractivity contribution in [1.82, 2.24) is 0 Å². The molecule has 4 heteroatoms. The molecule has 33 heavy (non-hydrogen) atoms. The molecule has 2 N–H and O–H groups in total. The van der Waals surface area contributed by atoms with Crippen LogP contribution in [0.15, 0.2) is 72.8 Å². The van der Waals surface area contributed by atoms with Crippen molar-refractivity contribution in [3.8, 4) is 0 Å². The zero-order chi connectivity index (χ0) is 22.5. The lowest BCUT2D eigenvalue weighted by molar-refractivity contribution is 0.101. The molecular weight excluding hydrogens is 408 g/mol. The van der Waals surface area contributed by atoms with E-state index in [1.807, 2.05) is 12.1 Å². The summed E-state index contributed by atoms with van der Waals surface area (Å²) in [7, 11) is 0. The van der Waals surface area contributed by atoms with Crippen molar-refractivity contribution in [3.63, 3.8) is 0 Å². The van der Waals surface area contributed by atoms with Gasteiger partial charge in [-0.2, -0.15) is 0 Å². The Kier molecular flexibility index (Phi) is 4.83. The minimum absolute atomic E-state index is 0.0127. The molecule has 2 bridgehead atoms. The van der Waals surface area contributed by atoms with Crippen LogP contribution < -0.4 is 10.6 Å². The molecule has 5 atom stereocenters. The first kappa shape index (κ1) is 20.2. The summed E-state index contributed by atoms with van der Waals surface area (Å²) in [5.74, 6) is 2.38. The zero-order valence-electron chi connectivity index (χ0n) is 18.8. The molecule has 2 fully saturated rings. The molecule has 3 aliphatic rings. The Morgan fingerprint density at radius 2 is 1.70 bits per heavy atom. The molecule has 0 saturated heterocycles. The fourth-order valence-electron chi connectivity index (χ4n) is 6.64. The molecule has 1 heterocycles. The van der Waals surface area contributed by atoms with Gasteiger partial charge in [-0.05, 0) is 91.3 Å². The van der Waals surface area contributed by atoms with Gasteiger partial charge in [0.05, 0.1) is 6.04 Å². The van der Waals surface area contributed by atoms with Gasteiger partial charge in [-0.1, -0.05) is 42.5 Å². The van der Waals surface area contributed by atoms with Crippen LogP contribution in [-0.4, -0.2) is 11.7 Å². The third-order valence-corrected chi connectivity index (χ3v) is 8.04. The van der Waals surface area contributed by atoms with Gasteiger partial charge in [0.1, 0.15) is 0 Å². The summed E-state index contributed by atoms with van der Waals surface area (Å²) in [6.45, 7) is 1.53. The van der Waals surface area contributed by atoms with Crippen molar-refractivity contribution >= 4 is 23.1 Å². The van der Waals surface area contributed by atoms with E-state index in [2.05, 4.69) is 53.1 Å². The fourth-order valence-corrected chi connectivity index (χ4v) is 6.64. The number of ketones is 1. The summed E-state index contributed by atoms with van der Waals surface area (Å²) < 4.78 is 0. The van der Waals surface area contributed by atoms with Gasteiger partial charge < -0.3 is 10.6 Å². The van der Waals surface area contributed by atoms with E-state index in [-0.39, 0.29) is 11.7 Å². The lowest BCUT2D eigenvalue weighted by atomic mass is 9.68. The highest BCUT2D eigenvalue weighted by molar-refractivity contribution is 6.05. The third kappa shape index (κ3) is 3.45. The second-order valence-corrected chi connectivity index (χ2v) is 9.86. The van der Waals surface area contributed by atoms with Gasteiger partial charge in [0, 0.05) is 22.5 Å². The number of anilines is 2. The van der Waals surface area contributed by atoms with E-state index in [9.17, 15) is 9.59 Å². The van der Waals surface area contributed by atoms with E-state index in [1.54, 1.807) is 18.2 Å². The number of hydrogen-bond acceptors (Lipinski definition) is 3. The van der Waals surface area contributed by atoms with Crippen molar-refractivity contribution in [2.75, 3.05) is 10.6 Å². The molecule has 0 spiro atoms. The van der Waals surface area contributed by atoms with E-state index >= 15 is 0 Å². The molecule has 2 saturated carbocycles. The topological polar surface area (TPSA) is 58.2 Å². The Balaban J connectivity index is 1.33. The van der Waals surface area contributed by atoms with Crippen molar-refractivity contribution in [1.29, 1.82) is 0 Å². The van der Waals surface area contributed by atoms with Crippen LogP contribution in [0.4, 0.5) is 11.4 Å². The third-order valence-electron chi connectivity index (χ3n) is 8.04. The van der Waals surface area contributed by atoms with Crippen LogP contribution in [0.5, 0.6) is 0 Å². The molecule has 0 unspecified atom stereocenters. The average Bonchev–Trinajstić information content (AvgIpc) is 3.47. The standard InChI is InChI=1S/C29H28N2O2/c1-17(32)19-8-5-9-23(15-19)30-29(33)22-12-13-25-24(16-22)26-20-10-11-21(14-20)27(26)28(31-25)18-6-3-2-4-7-18/h2-9,12-13,15-16,20-21,26-28,31H,10-11,14H2,1H3,(H,30,33)/t20-,21-,26+,27-,28+/m0/s1. The molecule has 6 rings (SSSR count). The van der Waals surface area contributed by atoms with Gasteiger partial charge in [0.25, 0.3) is 5.91 Å². The minimum atomic E-state index is -0.136. The van der Waals surface area contributed by atoms with Gasteiger partial charge in [0.15, 0.2) is 5.78 Å². The van der Waals surface area contributed by atoms with Crippen molar-refractivity contribution in [2.24, 2.45) is 17.8 Å². The largest absolute Gasteiger partial charge is 0.378 e. The second-order valence-electron chi connectivity index (χ2n) is 9.86. The van der Waals surface area contributed by atoms with E-state index in [1.165, 1.54) is 37.3 Å². The summed E-state index contributed by atoms with van der Waals surface area (Å²) in [4.78, 5) is 24.8. The molecule has 4 nitrogen and oxygen atoms in total. The number of carbonyl (C=O) groups is 2. The predicted octanol–water partition coefficient (Wildman–Crippen LogP) is 6.44. The molecule has 0 aromatic heterocycles. The number of carbonyl (C=O) groups excluding carboxylic acids is 2. The maximum absolute atomic E-state index is 13.1. The minimum Gasteiger partial charge on any atom is -0.378 e. The number of amides is 1. The van der Waals surface area contributed by atoms with Crippen LogP contribution in [0.1, 0.15) is 70.0 Å². The first-order chi connectivity index (χ1) is 16.1. The highest BCUT2D eigenvalue weighted by Crippen LogP contribution is 2.63. The average molecular weight is 437 g/mol. The Morgan fingerprint density at radius 1 is 0.879 bits per heavy atom. The van der Waals surface area contributed by atoms with Crippen LogP contribution >= 0.6 is 0 Å². The van der Waals surface area contributed by atoms with Crippen molar-refractivity contribution in [2.45, 2.75) is 38.1 Å². The molecule has 2 aliphatic carbocycles. The predicted molar refractivity (Wildman–Crippen MR) is 131 cm³/mol. The Hall–Kier alpha value is -3.40. The number of Topliss-reactive ketones (excluding diaryl/α,β-unsaturated/α-hetero) is 1. The van der Waals surface area contributed by atoms with Crippen LogP contribution in [0.25, 0.3) is 0 Å². The summed E-state index contributed by atoms with van der Waals surface area (Å²) in [6, 6.07) is 24.3. The van der Waals surface area contributed by atoms with E-state index in [0.717, 1.165) is 11.6 Å². The zero-order valence-corrected chi connectivity index (χ0v) is 18.8. The molecule has 1 aliphatic heterocycles. The number of fused-ring (bicyclic) bond motifs is 7. The highest BCUT2D eigenvalue weighted by atomic mass is 16.1. The van der Waals surface area contributed by atoms with Crippen molar-refractivity contribution < 1.29 is 9.59 Å². The first-order valence-electron chi connectivity index (χ1n) is 12.0.